The molecule has 0 bridgehead atoms. The zero-order valence-electron chi connectivity index (χ0n) is 24.8. The minimum absolute atomic E-state index is 0.226. The van der Waals surface area contributed by atoms with E-state index in [-0.39, 0.29) is 11.2 Å². The zero-order valence-corrected chi connectivity index (χ0v) is 24.8. The summed E-state index contributed by atoms with van der Waals surface area (Å²) in [6, 6.07) is 1.43. The molecule has 1 heterocycles. The minimum Gasteiger partial charge on any atom is -0.385 e. The Balaban J connectivity index is 2.18. The van der Waals surface area contributed by atoms with E-state index in [9.17, 15) is 9.59 Å². The van der Waals surface area contributed by atoms with Gasteiger partial charge in [0.15, 0.2) is 0 Å². The van der Waals surface area contributed by atoms with E-state index in [4.69, 9.17) is 5.73 Å². The Morgan fingerprint density at radius 1 is 0.486 bits per heavy atom. The van der Waals surface area contributed by atoms with E-state index in [0.29, 0.717) is 18.9 Å². The van der Waals surface area contributed by atoms with Gasteiger partial charge >= 0.3 is 5.69 Å². The molecule has 5 heteroatoms. The summed E-state index contributed by atoms with van der Waals surface area (Å²) in [6.07, 6.45) is 30.7. The molecular formula is C32H61N3O2. The van der Waals surface area contributed by atoms with E-state index in [1.165, 1.54) is 139 Å². The molecule has 0 amide bonds. The molecule has 2 N–H and O–H groups in total. The largest absolute Gasteiger partial charge is 0.385 e. The second-order valence-electron chi connectivity index (χ2n) is 11.3. The molecule has 216 valence electrons. The topological polar surface area (TPSA) is 70.0 Å². The predicted octanol–water partition coefficient (Wildman–Crippen LogP) is 8.99. The molecule has 0 aromatic carbocycles. The second kappa shape index (κ2) is 23.6. The Morgan fingerprint density at radius 2 is 0.784 bits per heavy atom. The summed E-state index contributed by atoms with van der Waals surface area (Å²) in [5.41, 5.74) is 5.57. The highest BCUT2D eigenvalue weighted by Crippen LogP contribution is 2.13. The lowest BCUT2D eigenvalue weighted by Gasteiger charge is -2.13. The number of nitrogens with two attached hydrogens (primary N) is 1. The van der Waals surface area contributed by atoms with Crippen molar-refractivity contribution in [2.75, 3.05) is 5.73 Å². The summed E-state index contributed by atoms with van der Waals surface area (Å²) in [4.78, 5) is 25.3. The van der Waals surface area contributed by atoms with Crippen LogP contribution in [0.15, 0.2) is 15.7 Å². The summed E-state index contributed by atoms with van der Waals surface area (Å²) in [5, 5.41) is 0. The van der Waals surface area contributed by atoms with Crippen LogP contribution in [0.25, 0.3) is 0 Å². The van der Waals surface area contributed by atoms with E-state index >= 15 is 0 Å². The SMILES string of the molecule is CCCCCCCCCCCCCCn1c(N)cc(=O)n(CCCCCCCCCCCCCC)c1=O. The molecule has 1 rings (SSSR count). The molecule has 0 spiro atoms. The quantitative estimate of drug-likeness (QED) is 0.124. The predicted molar refractivity (Wildman–Crippen MR) is 162 cm³/mol. The summed E-state index contributed by atoms with van der Waals surface area (Å²) in [6.45, 7) is 5.65. The molecule has 0 saturated carbocycles. The van der Waals surface area contributed by atoms with Crippen LogP contribution in [0.2, 0.25) is 0 Å². The zero-order chi connectivity index (χ0) is 27.0. The number of rotatable bonds is 26. The first kappa shape index (κ1) is 33.5. The molecule has 0 saturated heterocycles. The van der Waals surface area contributed by atoms with Gasteiger partial charge in [-0.25, -0.2) is 4.79 Å². The maximum Gasteiger partial charge on any atom is 0.332 e. The molecule has 0 radical (unpaired) electrons. The number of hydrogen-bond acceptors (Lipinski definition) is 3. The molecule has 0 aliphatic carbocycles. The van der Waals surface area contributed by atoms with Crippen molar-refractivity contribution in [1.29, 1.82) is 0 Å². The van der Waals surface area contributed by atoms with Gasteiger partial charge in [-0.3, -0.25) is 13.9 Å². The molecule has 0 atom stereocenters. The van der Waals surface area contributed by atoms with Crippen molar-refractivity contribution < 1.29 is 0 Å². The average Bonchev–Trinajstić information content (AvgIpc) is 2.88. The third-order valence-electron chi connectivity index (χ3n) is 7.78. The molecule has 0 aliphatic rings. The molecule has 0 aliphatic heterocycles. The Bertz CT molecular complexity index is 768. The molecule has 1 aromatic rings. The van der Waals surface area contributed by atoms with E-state index in [1.807, 2.05) is 0 Å². The normalized spacial score (nSPS) is 11.4. The number of anilines is 1. The van der Waals surface area contributed by atoms with Crippen LogP contribution in [0.4, 0.5) is 5.82 Å². The third-order valence-corrected chi connectivity index (χ3v) is 7.78. The Labute approximate surface area is 228 Å². The Morgan fingerprint density at radius 3 is 1.14 bits per heavy atom. The van der Waals surface area contributed by atoms with Gasteiger partial charge in [0, 0.05) is 19.2 Å². The number of nitrogens with zero attached hydrogens (tertiary/aromatic N) is 2. The van der Waals surface area contributed by atoms with Crippen LogP contribution < -0.4 is 17.0 Å². The third kappa shape index (κ3) is 16.8. The lowest BCUT2D eigenvalue weighted by molar-refractivity contribution is 0.487. The summed E-state index contributed by atoms with van der Waals surface area (Å²) >= 11 is 0. The second-order valence-corrected chi connectivity index (χ2v) is 11.3. The highest BCUT2D eigenvalue weighted by molar-refractivity contribution is 5.26. The highest BCUT2D eigenvalue weighted by Gasteiger charge is 2.09. The lowest BCUT2D eigenvalue weighted by Crippen LogP contribution is -2.40. The van der Waals surface area contributed by atoms with Gasteiger partial charge in [0.05, 0.1) is 0 Å². The van der Waals surface area contributed by atoms with Gasteiger partial charge in [-0.1, -0.05) is 155 Å². The van der Waals surface area contributed by atoms with E-state index in [0.717, 1.165) is 25.7 Å². The first-order valence-corrected chi connectivity index (χ1v) is 16.2. The molecule has 37 heavy (non-hydrogen) atoms. The van der Waals surface area contributed by atoms with Crippen molar-refractivity contribution in [3.8, 4) is 0 Å². The summed E-state index contributed by atoms with van der Waals surface area (Å²) < 4.78 is 3.01. The monoisotopic (exact) mass is 519 g/mol. The van der Waals surface area contributed by atoms with Crippen molar-refractivity contribution >= 4 is 5.82 Å². The van der Waals surface area contributed by atoms with E-state index < -0.39 is 0 Å². The first-order chi connectivity index (χ1) is 18.1. The average molecular weight is 520 g/mol. The Kier molecular flexibility index (Phi) is 21.4. The lowest BCUT2D eigenvalue weighted by atomic mass is 10.1. The van der Waals surface area contributed by atoms with Gasteiger partial charge in [0.1, 0.15) is 5.82 Å². The van der Waals surface area contributed by atoms with Crippen LogP contribution in [-0.4, -0.2) is 9.13 Å². The summed E-state index contributed by atoms with van der Waals surface area (Å²) in [7, 11) is 0. The molecular weight excluding hydrogens is 458 g/mol. The van der Waals surface area contributed by atoms with E-state index in [1.54, 1.807) is 4.57 Å². The highest BCUT2D eigenvalue weighted by atomic mass is 16.2. The fourth-order valence-electron chi connectivity index (χ4n) is 5.29. The molecule has 0 fully saturated rings. The number of hydrogen-bond donors (Lipinski definition) is 1. The molecule has 5 nitrogen and oxygen atoms in total. The van der Waals surface area contributed by atoms with Gasteiger partial charge < -0.3 is 5.73 Å². The molecule has 0 unspecified atom stereocenters. The Hall–Kier alpha value is -1.52. The van der Waals surface area contributed by atoms with Crippen molar-refractivity contribution in [2.45, 2.75) is 181 Å². The van der Waals surface area contributed by atoms with Crippen molar-refractivity contribution in [3.63, 3.8) is 0 Å². The van der Waals surface area contributed by atoms with Gasteiger partial charge in [-0.15, -0.1) is 0 Å². The standard InChI is InChI=1S/C32H61N3O2/c1-3-5-7-9-11-13-15-17-19-21-23-25-27-34-30(33)29-31(36)35(32(34)37)28-26-24-22-20-18-16-14-12-10-8-6-4-2/h29H,3-28,33H2,1-2H3. The fourth-order valence-corrected chi connectivity index (χ4v) is 5.29. The van der Waals surface area contributed by atoms with Gasteiger partial charge in [-0.05, 0) is 12.8 Å². The number of nitrogen functional groups attached to an aromatic ring is 1. The van der Waals surface area contributed by atoms with Crippen LogP contribution in [-0.2, 0) is 13.1 Å². The van der Waals surface area contributed by atoms with Crippen LogP contribution in [0.3, 0.4) is 0 Å². The van der Waals surface area contributed by atoms with Gasteiger partial charge in [-0.2, -0.15) is 0 Å². The van der Waals surface area contributed by atoms with Crippen molar-refractivity contribution in [2.24, 2.45) is 0 Å². The van der Waals surface area contributed by atoms with Crippen LogP contribution in [0.1, 0.15) is 168 Å². The van der Waals surface area contributed by atoms with Crippen LogP contribution >= 0.6 is 0 Å². The summed E-state index contributed by atoms with van der Waals surface area (Å²) in [5.74, 6) is 0.309. The van der Waals surface area contributed by atoms with Crippen LogP contribution in [0, 0.1) is 0 Å². The number of aromatic nitrogens is 2. The first-order valence-electron chi connectivity index (χ1n) is 16.2. The molecule has 1 aromatic heterocycles. The number of unbranched alkanes of at least 4 members (excludes halogenated alkanes) is 22. The minimum atomic E-state index is -0.253. The smallest absolute Gasteiger partial charge is 0.332 e. The maximum atomic E-state index is 12.9. The van der Waals surface area contributed by atoms with E-state index in [2.05, 4.69) is 13.8 Å². The fraction of sp³-hybridized carbons (Fsp3) is 0.875. The maximum absolute atomic E-state index is 12.9. The van der Waals surface area contributed by atoms with Crippen molar-refractivity contribution in [3.05, 3.63) is 26.9 Å². The van der Waals surface area contributed by atoms with Crippen molar-refractivity contribution in [1.82, 2.24) is 9.13 Å². The van der Waals surface area contributed by atoms with Crippen LogP contribution in [0.5, 0.6) is 0 Å². The van der Waals surface area contributed by atoms with Gasteiger partial charge in [0.2, 0.25) is 0 Å². The van der Waals surface area contributed by atoms with Gasteiger partial charge in [0.25, 0.3) is 5.56 Å².